The summed E-state index contributed by atoms with van der Waals surface area (Å²) in [5.74, 6) is 0.629. The van der Waals surface area contributed by atoms with E-state index in [0.717, 1.165) is 15.6 Å². The fourth-order valence-corrected chi connectivity index (χ4v) is 1.72. The van der Waals surface area contributed by atoms with Gasteiger partial charge in [-0.15, -0.1) is 0 Å². The highest BCUT2D eigenvalue weighted by molar-refractivity contribution is 9.10. The molecule has 3 nitrogen and oxygen atoms in total. The van der Waals surface area contributed by atoms with Gasteiger partial charge < -0.3 is 14.3 Å². The highest BCUT2D eigenvalue weighted by Gasteiger charge is 2.07. The fraction of sp³-hybridized carbons (Fsp3) is 0.111. The van der Waals surface area contributed by atoms with Crippen molar-refractivity contribution >= 4 is 26.9 Å². The Morgan fingerprint density at radius 1 is 1.38 bits per heavy atom. The van der Waals surface area contributed by atoms with Crippen molar-refractivity contribution in [3.63, 3.8) is 0 Å². The van der Waals surface area contributed by atoms with Crippen LogP contribution in [0.15, 0.2) is 27.1 Å². The summed E-state index contributed by atoms with van der Waals surface area (Å²) in [6, 6.07) is 5.12. The SMILES string of the molecule is COc1cc(Br)c2oc(O)cc2c1. The van der Waals surface area contributed by atoms with Gasteiger partial charge in [0, 0.05) is 11.5 Å². The monoisotopic (exact) mass is 242 g/mol. The van der Waals surface area contributed by atoms with Crippen molar-refractivity contribution in [3.8, 4) is 11.7 Å². The average molecular weight is 243 g/mol. The lowest BCUT2D eigenvalue weighted by Crippen LogP contribution is -1.81. The summed E-state index contributed by atoms with van der Waals surface area (Å²) in [5, 5.41) is 9.92. The maximum absolute atomic E-state index is 9.12. The van der Waals surface area contributed by atoms with Crippen LogP contribution in [0.3, 0.4) is 0 Å². The van der Waals surface area contributed by atoms with E-state index in [1.54, 1.807) is 25.3 Å². The molecule has 68 valence electrons. The molecule has 0 aliphatic carbocycles. The van der Waals surface area contributed by atoms with Gasteiger partial charge in [-0.2, -0.15) is 0 Å². The van der Waals surface area contributed by atoms with Gasteiger partial charge in [-0.1, -0.05) is 0 Å². The maximum atomic E-state index is 9.12. The fourth-order valence-electron chi connectivity index (χ4n) is 1.19. The van der Waals surface area contributed by atoms with E-state index in [4.69, 9.17) is 14.3 Å². The molecule has 0 fully saturated rings. The Hall–Kier alpha value is -1.16. The smallest absolute Gasteiger partial charge is 0.282 e. The van der Waals surface area contributed by atoms with Gasteiger partial charge in [0.15, 0.2) is 5.58 Å². The zero-order chi connectivity index (χ0) is 9.42. The highest BCUT2D eigenvalue weighted by Crippen LogP contribution is 2.33. The summed E-state index contributed by atoms with van der Waals surface area (Å²) in [6.45, 7) is 0. The van der Waals surface area contributed by atoms with Crippen molar-refractivity contribution in [3.05, 3.63) is 22.7 Å². The molecule has 0 spiro atoms. The molecule has 0 saturated carbocycles. The molecule has 1 N–H and O–H groups in total. The third kappa shape index (κ3) is 1.37. The molecule has 1 aromatic carbocycles. The lowest BCUT2D eigenvalue weighted by atomic mass is 10.2. The van der Waals surface area contributed by atoms with Gasteiger partial charge in [-0.3, -0.25) is 0 Å². The van der Waals surface area contributed by atoms with Gasteiger partial charge >= 0.3 is 0 Å². The average Bonchev–Trinajstić information content (AvgIpc) is 2.46. The second-order valence-corrected chi connectivity index (χ2v) is 3.47. The van der Waals surface area contributed by atoms with E-state index in [9.17, 15) is 0 Å². The Morgan fingerprint density at radius 3 is 2.85 bits per heavy atom. The van der Waals surface area contributed by atoms with Crippen LogP contribution in [0.5, 0.6) is 11.7 Å². The molecular weight excluding hydrogens is 236 g/mol. The molecule has 4 heteroatoms. The summed E-state index contributed by atoms with van der Waals surface area (Å²) in [7, 11) is 1.59. The predicted octanol–water partition coefficient (Wildman–Crippen LogP) is 2.91. The standard InChI is InChI=1S/C9H7BrO3/c1-12-6-2-5-3-8(11)13-9(5)7(10)4-6/h2-4,11H,1H3. The number of furan rings is 1. The number of hydrogen-bond acceptors (Lipinski definition) is 3. The number of halogens is 1. The normalized spacial score (nSPS) is 10.6. The summed E-state index contributed by atoms with van der Waals surface area (Å²) in [6.07, 6.45) is 0. The van der Waals surface area contributed by atoms with E-state index in [-0.39, 0.29) is 5.95 Å². The van der Waals surface area contributed by atoms with Gasteiger partial charge in [-0.25, -0.2) is 0 Å². The number of hydrogen-bond donors (Lipinski definition) is 1. The van der Waals surface area contributed by atoms with E-state index in [1.165, 1.54) is 0 Å². The largest absolute Gasteiger partial charge is 0.497 e. The molecule has 0 amide bonds. The van der Waals surface area contributed by atoms with Crippen molar-refractivity contribution in [2.75, 3.05) is 7.11 Å². The zero-order valence-electron chi connectivity index (χ0n) is 6.87. The first-order chi connectivity index (χ1) is 6.20. The molecule has 0 unspecified atom stereocenters. The van der Waals surface area contributed by atoms with Gasteiger partial charge in [0.1, 0.15) is 5.75 Å². The molecule has 0 atom stereocenters. The minimum atomic E-state index is -0.0936. The molecule has 0 bridgehead atoms. The quantitative estimate of drug-likeness (QED) is 0.837. The van der Waals surface area contributed by atoms with E-state index in [1.807, 2.05) is 0 Å². The maximum Gasteiger partial charge on any atom is 0.282 e. The number of benzene rings is 1. The molecule has 0 aliphatic rings. The Balaban J connectivity index is 2.75. The van der Waals surface area contributed by atoms with Crippen LogP contribution in [0.4, 0.5) is 0 Å². The molecule has 0 saturated heterocycles. The number of fused-ring (bicyclic) bond motifs is 1. The van der Waals surface area contributed by atoms with Crippen LogP contribution in [-0.2, 0) is 0 Å². The second kappa shape index (κ2) is 2.96. The van der Waals surface area contributed by atoms with Gasteiger partial charge in [0.05, 0.1) is 11.6 Å². The van der Waals surface area contributed by atoms with Crippen LogP contribution in [0, 0.1) is 0 Å². The first kappa shape index (κ1) is 8.44. The van der Waals surface area contributed by atoms with Crippen LogP contribution in [-0.4, -0.2) is 12.2 Å². The van der Waals surface area contributed by atoms with Crippen molar-refractivity contribution in [1.29, 1.82) is 0 Å². The first-order valence-electron chi connectivity index (χ1n) is 3.67. The van der Waals surface area contributed by atoms with Gasteiger partial charge in [0.2, 0.25) is 0 Å². The van der Waals surface area contributed by atoms with Crippen LogP contribution in [0.2, 0.25) is 0 Å². The third-order valence-corrected chi connectivity index (χ3v) is 2.36. The Bertz CT molecular complexity index is 447. The number of methoxy groups -OCH3 is 1. The lowest BCUT2D eigenvalue weighted by Gasteiger charge is -1.99. The second-order valence-electron chi connectivity index (χ2n) is 2.61. The first-order valence-corrected chi connectivity index (χ1v) is 4.46. The third-order valence-electron chi connectivity index (χ3n) is 1.77. The van der Waals surface area contributed by atoms with Crippen LogP contribution >= 0.6 is 15.9 Å². The van der Waals surface area contributed by atoms with E-state index in [2.05, 4.69) is 15.9 Å². The van der Waals surface area contributed by atoms with Crippen LogP contribution in [0.25, 0.3) is 11.0 Å². The number of rotatable bonds is 1. The Kier molecular flexibility index (Phi) is 1.92. The van der Waals surface area contributed by atoms with Crippen molar-refractivity contribution in [1.82, 2.24) is 0 Å². The highest BCUT2D eigenvalue weighted by atomic mass is 79.9. The van der Waals surface area contributed by atoms with E-state index < -0.39 is 0 Å². The van der Waals surface area contributed by atoms with Crippen molar-refractivity contribution in [2.45, 2.75) is 0 Å². The summed E-state index contributed by atoms with van der Waals surface area (Å²) < 4.78 is 10.9. The molecular formula is C9H7BrO3. The molecule has 1 heterocycles. The zero-order valence-corrected chi connectivity index (χ0v) is 8.46. The van der Waals surface area contributed by atoms with Gasteiger partial charge in [0.25, 0.3) is 5.95 Å². The Morgan fingerprint density at radius 2 is 2.15 bits per heavy atom. The number of ether oxygens (including phenoxy) is 1. The van der Waals surface area contributed by atoms with Crippen LogP contribution < -0.4 is 4.74 Å². The molecule has 0 aliphatic heterocycles. The molecule has 13 heavy (non-hydrogen) atoms. The summed E-state index contributed by atoms with van der Waals surface area (Å²) in [5.41, 5.74) is 0.623. The van der Waals surface area contributed by atoms with Crippen LogP contribution in [0.1, 0.15) is 0 Å². The molecule has 2 rings (SSSR count). The summed E-state index contributed by atoms with van der Waals surface area (Å²) in [4.78, 5) is 0. The minimum absolute atomic E-state index is 0.0936. The molecule has 0 radical (unpaired) electrons. The van der Waals surface area contributed by atoms with E-state index in [0.29, 0.717) is 5.58 Å². The number of aromatic hydroxyl groups is 1. The molecule has 2 aromatic rings. The topological polar surface area (TPSA) is 42.6 Å². The predicted molar refractivity (Wildman–Crippen MR) is 52.1 cm³/mol. The minimum Gasteiger partial charge on any atom is -0.497 e. The lowest BCUT2D eigenvalue weighted by molar-refractivity contribution is 0.346. The van der Waals surface area contributed by atoms with E-state index >= 15 is 0 Å². The van der Waals surface area contributed by atoms with Gasteiger partial charge in [-0.05, 0) is 28.1 Å². The summed E-state index contributed by atoms with van der Waals surface area (Å²) >= 11 is 3.32. The van der Waals surface area contributed by atoms with Crippen molar-refractivity contribution < 1.29 is 14.3 Å². The Labute approximate surface area is 83.0 Å². The molecule has 1 aromatic heterocycles. The van der Waals surface area contributed by atoms with Crippen molar-refractivity contribution in [2.24, 2.45) is 0 Å².